The topological polar surface area (TPSA) is 55.4 Å². The molecule has 2 aromatic carbocycles. The van der Waals surface area contributed by atoms with Gasteiger partial charge in [-0.1, -0.05) is 36.4 Å². The highest BCUT2D eigenvalue weighted by Crippen LogP contribution is 2.51. The van der Waals surface area contributed by atoms with Crippen molar-refractivity contribution in [1.29, 1.82) is 0 Å². The molecular weight excluding hydrogens is 254 g/mol. The molecule has 0 bridgehead atoms. The highest BCUT2D eigenvalue weighted by atomic mass is 16.5. The van der Waals surface area contributed by atoms with Crippen LogP contribution in [-0.2, 0) is 15.0 Å². The van der Waals surface area contributed by atoms with Crippen LogP contribution in [0.1, 0.15) is 17.5 Å². The summed E-state index contributed by atoms with van der Waals surface area (Å²) in [5.41, 5.74) is 0.548. The van der Waals surface area contributed by atoms with Crippen molar-refractivity contribution >= 4 is 11.8 Å². The van der Waals surface area contributed by atoms with Crippen molar-refractivity contribution in [3.8, 4) is 11.5 Å². The molecule has 0 aromatic heterocycles. The van der Waals surface area contributed by atoms with E-state index in [0.29, 0.717) is 11.5 Å². The largest absolute Gasteiger partial charge is 0.457 e. The summed E-state index contributed by atoms with van der Waals surface area (Å²) in [7, 11) is 0. The number of para-hydroxylation sites is 2. The molecule has 0 aliphatic carbocycles. The monoisotopic (exact) mass is 265 g/mol. The molecule has 2 heterocycles. The van der Waals surface area contributed by atoms with Crippen LogP contribution in [0.2, 0.25) is 0 Å². The van der Waals surface area contributed by atoms with Crippen LogP contribution >= 0.6 is 0 Å². The average molecular weight is 265 g/mol. The van der Waals surface area contributed by atoms with E-state index in [4.69, 9.17) is 4.74 Å². The fourth-order valence-corrected chi connectivity index (χ4v) is 3.11. The Bertz CT molecular complexity index is 705. The second-order valence-electron chi connectivity index (χ2n) is 5.05. The van der Waals surface area contributed by atoms with Gasteiger partial charge in [0.25, 0.3) is 0 Å². The molecule has 4 nitrogen and oxygen atoms in total. The van der Waals surface area contributed by atoms with E-state index < -0.39 is 5.41 Å². The number of benzene rings is 2. The number of hydrogen-bond donors (Lipinski definition) is 1. The van der Waals surface area contributed by atoms with Crippen molar-refractivity contribution in [3.05, 3.63) is 59.7 Å². The van der Waals surface area contributed by atoms with Gasteiger partial charge >= 0.3 is 0 Å². The van der Waals surface area contributed by atoms with E-state index in [1.165, 1.54) is 0 Å². The number of rotatable bonds is 0. The number of carbonyl (C=O) groups is 2. The van der Waals surface area contributed by atoms with Gasteiger partial charge in [-0.3, -0.25) is 14.9 Å². The standard InChI is InChI=1S/C16H11NO3/c18-14-9-16(15(19)17-14)10-5-1-3-7-12(10)20-13-8-4-2-6-11(13)16/h1-8H,9H2,(H,17,18,19). The molecule has 1 saturated heterocycles. The van der Waals surface area contributed by atoms with Crippen LogP contribution in [0.3, 0.4) is 0 Å². The van der Waals surface area contributed by atoms with Crippen molar-refractivity contribution in [2.75, 3.05) is 0 Å². The lowest BCUT2D eigenvalue weighted by atomic mass is 9.71. The summed E-state index contributed by atoms with van der Waals surface area (Å²) < 4.78 is 5.86. The molecular formula is C16H11NO3. The summed E-state index contributed by atoms with van der Waals surface area (Å²) in [6.45, 7) is 0. The van der Waals surface area contributed by atoms with Gasteiger partial charge in [-0.25, -0.2) is 0 Å². The molecule has 4 heteroatoms. The highest BCUT2D eigenvalue weighted by Gasteiger charge is 2.53. The molecule has 0 saturated carbocycles. The number of fused-ring (bicyclic) bond motifs is 4. The lowest BCUT2D eigenvalue weighted by Crippen LogP contribution is -2.38. The summed E-state index contributed by atoms with van der Waals surface area (Å²) in [6, 6.07) is 14.8. The van der Waals surface area contributed by atoms with E-state index in [1.807, 2.05) is 48.5 Å². The molecule has 2 aliphatic heterocycles. The lowest BCUT2D eigenvalue weighted by Gasteiger charge is -2.34. The van der Waals surface area contributed by atoms with E-state index >= 15 is 0 Å². The molecule has 20 heavy (non-hydrogen) atoms. The van der Waals surface area contributed by atoms with Crippen molar-refractivity contribution < 1.29 is 14.3 Å². The fourth-order valence-electron chi connectivity index (χ4n) is 3.11. The molecule has 0 atom stereocenters. The molecule has 1 spiro atoms. The first-order valence-electron chi connectivity index (χ1n) is 6.43. The first kappa shape index (κ1) is 11.2. The quantitative estimate of drug-likeness (QED) is 0.742. The van der Waals surface area contributed by atoms with Gasteiger partial charge in [0.15, 0.2) is 0 Å². The number of hydrogen-bond acceptors (Lipinski definition) is 3. The number of amides is 2. The zero-order valence-electron chi connectivity index (χ0n) is 10.6. The van der Waals surface area contributed by atoms with Crippen LogP contribution in [0.25, 0.3) is 0 Å². The second kappa shape index (κ2) is 3.70. The van der Waals surface area contributed by atoms with Gasteiger partial charge in [0.1, 0.15) is 16.9 Å². The Morgan fingerprint density at radius 3 is 1.95 bits per heavy atom. The van der Waals surface area contributed by atoms with E-state index in [2.05, 4.69) is 5.32 Å². The SMILES string of the molecule is O=C1CC2(C(=O)N1)c1ccccc1Oc1ccccc12. The predicted molar refractivity (Wildman–Crippen MR) is 71.5 cm³/mol. The van der Waals surface area contributed by atoms with Crippen LogP contribution in [-0.4, -0.2) is 11.8 Å². The molecule has 2 aromatic rings. The third kappa shape index (κ3) is 1.25. The summed E-state index contributed by atoms with van der Waals surface area (Å²) in [5, 5.41) is 2.43. The third-order valence-electron chi connectivity index (χ3n) is 3.98. The Kier molecular flexibility index (Phi) is 2.07. The van der Waals surface area contributed by atoms with Crippen LogP contribution < -0.4 is 10.1 Å². The van der Waals surface area contributed by atoms with Gasteiger partial charge in [-0.05, 0) is 12.1 Å². The maximum absolute atomic E-state index is 12.5. The lowest BCUT2D eigenvalue weighted by molar-refractivity contribution is -0.126. The van der Waals surface area contributed by atoms with E-state index in [-0.39, 0.29) is 18.2 Å². The molecule has 1 fully saturated rings. The maximum Gasteiger partial charge on any atom is 0.242 e. The van der Waals surface area contributed by atoms with Crippen LogP contribution in [0.15, 0.2) is 48.5 Å². The summed E-state index contributed by atoms with van der Waals surface area (Å²) >= 11 is 0. The van der Waals surface area contributed by atoms with Gasteiger partial charge in [0.2, 0.25) is 11.8 Å². The van der Waals surface area contributed by atoms with Gasteiger partial charge < -0.3 is 4.74 Å². The Balaban J connectivity index is 2.07. The number of imide groups is 1. The normalized spacial score (nSPS) is 18.2. The van der Waals surface area contributed by atoms with E-state index in [9.17, 15) is 9.59 Å². The molecule has 1 N–H and O–H groups in total. The van der Waals surface area contributed by atoms with E-state index in [1.54, 1.807) is 0 Å². The number of carbonyl (C=O) groups excluding carboxylic acids is 2. The summed E-state index contributed by atoms with van der Waals surface area (Å²) in [4.78, 5) is 24.3. The summed E-state index contributed by atoms with van der Waals surface area (Å²) in [5.74, 6) is 0.749. The second-order valence-corrected chi connectivity index (χ2v) is 5.05. The smallest absolute Gasteiger partial charge is 0.242 e. The third-order valence-corrected chi connectivity index (χ3v) is 3.98. The van der Waals surface area contributed by atoms with Crippen molar-refractivity contribution in [1.82, 2.24) is 5.32 Å². The summed E-state index contributed by atoms with van der Waals surface area (Å²) in [6.07, 6.45) is 0.128. The van der Waals surface area contributed by atoms with Crippen molar-refractivity contribution in [3.63, 3.8) is 0 Å². The first-order valence-corrected chi connectivity index (χ1v) is 6.43. The first-order chi connectivity index (χ1) is 9.72. The van der Waals surface area contributed by atoms with Crippen LogP contribution in [0.5, 0.6) is 11.5 Å². The van der Waals surface area contributed by atoms with Gasteiger partial charge in [0, 0.05) is 17.5 Å². The zero-order chi connectivity index (χ0) is 13.7. The Morgan fingerprint density at radius 1 is 0.900 bits per heavy atom. The highest BCUT2D eigenvalue weighted by molar-refractivity contribution is 6.12. The molecule has 2 amide bonds. The van der Waals surface area contributed by atoms with Gasteiger partial charge in [-0.15, -0.1) is 0 Å². The minimum Gasteiger partial charge on any atom is -0.457 e. The van der Waals surface area contributed by atoms with Crippen LogP contribution in [0, 0.1) is 0 Å². The average Bonchev–Trinajstić information content (AvgIpc) is 2.75. The minimum atomic E-state index is -0.956. The molecule has 0 radical (unpaired) electrons. The van der Waals surface area contributed by atoms with Gasteiger partial charge in [0.05, 0.1) is 0 Å². The molecule has 2 aliphatic rings. The molecule has 4 rings (SSSR count). The Labute approximate surface area is 115 Å². The fraction of sp³-hybridized carbons (Fsp3) is 0.125. The van der Waals surface area contributed by atoms with E-state index in [0.717, 1.165) is 11.1 Å². The minimum absolute atomic E-state index is 0.128. The van der Waals surface area contributed by atoms with Crippen molar-refractivity contribution in [2.24, 2.45) is 0 Å². The number of nitrogens with one attached hydrogen (secondary N) is 1. The predicted octanol–water partition coefficient (Wildman–Crippen LogP) is 2.12. The molecule has 0 unspecified atom stereocenters. The Morgan fingerprint density at radius 2 is 1.45 bits per heavy atom. The maximum atomic E-state index is 12.5. The van der Waals surface area contributed by atoms with Gasteiger partial charge in [-0.2, -0.15) is 0 Å². The number of ether oxygens (including phenoxy) is 1. The molecule has 98 valence electrons. The van der Waals surface area contributed by atoms with Crippen molar-refractivity contribution in [2.45, 2.75) is 11.8 Å². The van der Waals surface area contributed by atoms with Crippen LogP contribution in [0.4, 0.5) is 0 Å². The Hall–Kier alpha value is -2.62. The zero-order valence-corrected chi connectivity index (χ0v) is 10.6.